The lowest BCUT2D eigenvalue weighted by Crippen LogP contribution is -2.37. The molecule has 0 aliphatic heterocycles. The summed E-state index contributed by atoms with van der Waals surface area (Å²) in [7, 11) is 0. The molecule has 1 aromatic carbocycles. The average Bonchev–Trinajstić information content (AvgIpc) is 2.53. The van der Waals surface area contributed by atoms with E-state index >= 15 is 0 Å². The lowest BCUT2D eigenvalue weighted by molar-refractivity contribution is 0.329. The number of hydrogen-bond acceptors (Lipinski definition) is 2. The fourth-order valence-corrected chi connectivity index (χ4v) is 3.51. The Morgan fingerprint density at radius 3 is 2.90 bits per heavy atom. The Morgan fingerprint density at radius 2 is 2.00 bits per heavy atom. The summed E-state index contributed by atoms with van der Waals surface area (Å²) >= 11 is 0. The molecule has 0 radical (unpaired) electrons. The Kier molecular flexibility index (Phi) is 4.31. The number of aromatic nitrogens is 1. The number of hydrogen-bond donors (Lipinski definition) is 1. The molecule has 2 atom stereocenters. The predicted octanol–water partition coefficient (Wildman–Crippen LogP) is 4.26. The molecule has 0 amide bonds. The second-order valence-electron chi connectivity index (χ2n) is 5.90. The lowest BCUT2D eigenvalue weighted by Gasteiger charge is -2.33. The minimum atomic E-state index is 0.619. The van der Waals surface area contributed by atoms with Gasteiger partial charge in [-0.1, -0.05) is 44.0 Å². The van der Waals surface area contributed by atoms with E-state index in [0.29, 0.717) is 12.0 Å². The SMILES string of the molecule is CCCNC1CCCCC1c1cncc2ccccc12. The number of benzene rings is 1. The van der Waals surface area contributed by atoms with Crippen molar-refractivity contribution in [2.24, 2.45) is 0 Å². The first kappa shape index (κ1) is 13.6. The van der Waals surface area contributed by atoms with E-state index in [4.69, 9.17) is 0 Å². The lowest BCUT2D eigenvalue weighted by atomic mass is 9.79. The molecule has 20 heavy (non-hydrogen) atoms. The van der Waals surface area contributed by atoms with Crippen molar-refractivity contribution >= 4 is 10.8 Å². The Bertz CT molecular complexity index is 559. The molecule has 2 aromatic rings. The van der Waals surface area contributed by atoms with E-state index in [1.165, 1.54) is 48.4 Å². The van der Waals surface area contributed by atoms with Crippen molar-refractivity contribution in [3.63, 3.8) is 0 Å². The summed E-state index contributed by atoms with van der Waals surface area (Å²) in [5.74, 6) is 0.619. The summed E-state index contributed by atoms with van der Waals surface area (Å²) in [6.07, 6.45) is 10.6. The van der Waals surface area contributed by atoms with E-state index in [-0.39, 0.29) is 0 Å². The quantitative estimate of drug-likeness (QED) is 0.896. The van der Waals surface area contributed by atoms with Crippen LogP contribution in [0.2, 0.25) is 0 Å². The van der Waals surface area contributed by atoms with Gasteiger partial charge in [0.2, 0.25) is 0 Å². The number of nitrogens with zero attached hydrogens (tertiary/aromatic N) is 1. The molecule has 3 rings (SSSR count). The fourth-order valence-electron chi connectivity index (χ4n) is 3.51. The maximum Gasteiger partial charge on any atom is 0.0346 e. The van der Waals surface area contributed by atoms with Crippen molar-refractivity contribution in [3.05, 3.63) is 42.2 Å². The van der Waals surface area contributed by atoms with Crippen LogP contribution in [0.4, 0.5) is 0 Å². The number of nitrogens with one attached hydrogen (secondary N) is 1. The number of fused-ring (bicyclic) bond motifs is 1. The summed E-state index contributed by atoms with van der Waals surface area (Å²) in [6.45, 7) is 3.36. The van der Waals surface area contributed by atoms with E-state index in [9.17, 15) is 0 Å². The van der Waals surface area contributed by atoms with Crippen molar-refractivity contribution in [1.82, 2.24) is 10.3 Å². The molecule has 1 aliphatic carbocycles. The zero-order valence-corrected chi connectivity index (χ0v) is 12.3. The monoisotopic (exact) mass is 268 g/mol. The van der Waals surface area contributed by atoms with Crippen LogP contribution < -0.4 is 5.32 Å². The fraction of sp³-hybridized carbons (Fsp3) is 0.500. The minimum absolute atomic E-state index is 0.619. The maximum absolute atomic E-state index is 4.47. The molecule has 0 bridgehead atoms. The molecule has 1 aromatic heterocycles. The van der Waals surface area contributed by atoms with Gasteiger partial charge < -0.3 is 5.32 Å². The largest absolute Gasteiger partial charge is 0.313 e. The third-order valence-electron chi connectivity index (χ3n) is 4.52. The van der Waals surface area contributed by atoms with Gasteiger partial charge in [0, 0.05) is 29.7 Å². The van der Waals surface area contributed by atoms with Gasteiger partial charge in [-0.15, -0.1) is 0 Å². The van der Waals surface area contributed by atoms with Crippen LogP contribution >= 0.6 is 0 Å². The Labute approximate surface area is 121 Å². The molecule has 2 unspecified atom stereocenters. The maximum atomic E-state index is 4.47. The zero-order chi connectivity index (χ0) is 13.8. The van der Waals surface area contributed by atoms with Gasteiger partial charge in [-0.3, -0.25) is 4.98 Å². The summed E-state index contributed by atoms with van der Waals surface area (Å²) in [6, 6.07) is 9.28. The van der Waals surface area contributed by atoms with Gasteiger partial charge in [-0.05, 0) is 36.8 Å². The van der Waals surface area contributed by atoms with Gasteiger partial charge in [-0.2, -0.15) is 0 Å². The molecular formula is C18H24N2. The van der Waals surface area contributed by atoms with Gasteiger partial charge >= 0.3 is 0 Å². The summed E-state index contributed by atoms with van der Waals surface area (Å²) in [5.41, 5.74) is 1.44. The molecule has 0 spiro atoms. The second kappa shape index (κ2) is 6.36. The molecule has 1 fully saturated rings. The van der Waals surface area contributed by atoms with Crippen LogP contribution in [0, 0.1) is 0 Å². The molecule has 106 valence electrons. The highest BCUT2D eigenvalue weighted by Gasteiger charge is 2.27. The van der Waals surface area contributed by atoms with E-state index in [1.54, 1.807) is 0 Å². The first-order chi connectivity index (χ1) is 9.90. The number of pyridine rings is 1. The van der Waals surface area contributed by atoms with Crippen LogP contribution in [-0.4, -0.2) is 17.6 Å². The van der Waals surface area contributed by atoms with Crippen molar-refractivity contribution < 1.29 is 0 Å². The van der Waals surface area contributed by atoms with Crippen molar-refractivity contribution in [3.8, 4) is 0 Å². The standard InChI is InChI=1S/C18H24N2/c1-2-11-20-18-10-6-5-9-16(18)17-13-19-12-14-7-3-4-8-15(14)17/h3-4,7-8,12-13,16,18,20H,2,5-6,9-11H2,1H3. The van der Waals surface area contributed by atoms with Crippen LogP contribution in [0.25, 0.3) is 10.8 Å². The molecule has 2 nitrogen and oxygen atoms in total. The molecule has 0 saturated heterocycles. The Hall–Kier alpha value is -1.41. The van der Waals surface area contributed by atoms with E-state index in [1.807, 2.05) is 6.20 Å². The summed E-state index contributed by atoms with van der Waals surface area (Å²) < 4.78 is 0. The minimum Gasteiger partial charge on any atom is -0.313 e. The highest BCUT2D eigenvalue weighted by atomic mass is 14.9. The van der Waals surface area contributed by atoms with E-state index in [2.05, 4.69) is 47.7 Å². The topological polar surface area (TPSA) is 24.9 Å². The molecule has 1 saturated carbocycles. The van der Waals surface area contributed by atoms with Crippen LogP contribution in [-0.2, 0) is 0 Å². The van der Waals surface area contributed by atoms with Crippen LogP contribution in [0.15, 0.2) is 36.7 Å². The van der Waals surface area contributed by atoms with Crippen molar-refractivity contribution in [1.29, 1.82) is 0 Å². The smallest absolute Gasteiger partial charge is 0.0346 e. The summed E-state index contributed by atoms with van der Waals surface area (Å²) in [4.78, 5) is 4.47. The van der Waals surface area contributed by atoms with Crippen molar-refractivity contribution in [2.45, 2.75) is 51.0 Å². The molecular weight excluding hydrogens is 244 g/mol. The highest BCUT2D eigenvalue weighted by Crippen LogP contribution is 2.36. The van der Waals surface area contributed by atoms with E-state index in [0.717, 1.165) is 6.54 Å². The van der Waals surface area contributed by atoms with Gasteiger partial charge in [0.05, 0.1) is 0 Å². The number of rotatable bonds is 4. The average molecular weight is 268 g/mol. The van der Waals surface area contributed by atoms with Gasteiger partial charge in [0.25, 0.3) is 0 Å². The normalized spacial score (nSPS) is 23.1. The predicted molar refractivity (Wildman–Crippen MR) is 85.0 cm³/mol. The zero-order valence-electron chi connectivity index (χ0n) is 12.3. The van der Waals surface area contributed by atoms with Crippen LogP contribution in [0.5, 0.6) is 0 Å². The van der Waals surface area contributed by atoms with Gasteiger partial charge in [0.1, 0.15) is 0 Å². The molecule has 2 heteroatoms. The van der Waals surface area contributed by atoms with Gasteiger partial charge in [-0.25, -0.2) is 0 Å². The molecule has 1 N–H and O–H groups in total. The Balaban J connectivity index is 1.95. The van der Waals surface area contributed by atoms with Gasteiger partial charge in [0.15, 0.2) is 0 Å². The first-order valence-corrected chi connectivity index (χ1v) is 7.96. The van der Waals surface area contributed by atoms with Crippen LogP contribution in [0.1, 0.15) is 50.5 Å². The summed E-state index contributed by atoms with van der Waals surface area (Å²) in [5, 5.41) is 6.41. The van der Waals surface area contributed by atoms with Crippen molar-refractivity contribution in [2.75, 3.05) is 6.54 Å². The van der Waals surface area contributed by atoms with Crippen LogP contribution in [0.3, 0.4) is 0 Å². The highest BCUT2D eigenvalue weighted by molar-refractivity contribution is 5.85. The molecule has 1 heterocycles. The third-order valence-corrected chi connectivity index (χ3v) is 4.52. The molecule has 1 aliphatic rings. The second-order valence-corrected chi connectivity index (χ2v) is 5.90. The van der Waals surface area contributed by atoms with E-state index < -0.39 is 0 Å². The first-order valence-electron chi connectivity index (χ1n) is 7.96. The Morgan fingerprint density at radius 1 is 1.15 bits per heavy atom. The third kappa shape index (κ3) is 2.71.